The van der Waals surface area contributed by atoms with Crippen molar-refractivity contribution in [3.63, 3.8) is 0 Å². The first-order chi connectivity index (χ1) is 9.88. The molecule has 1 aliphatic carbocycles. The Morgan fingerprint density at radius 3 is 2.80 bits per heavy atom. The lowest BCUT2D eigenvalue weighted by Crippen LogP contribution is -2.25. The van der Waals surface area contributed by atoms with Crippen LogP contribution in [-0.2, 0) is 13.0 Å². The number of benzene rings is 1. The molecule has 0 aliphatic heterocycles. The predicted molar refractivity (Wildman–Crippen MR) is 83.9 cm³/mol. The van der Waals surface area contributed by atoms with E-state index in [0.29, 0.717) is 6.04 Å². The molecule has 0 spiro atoms. The minimum absolute atomic E-state index is 0.711. The van der Waals surface area contributed by atoms with Gasteiger partial charge in [0.25, 0.3) is 0 Å². The zero-order valence-electron chi connectivity index (χ0n) is 12.5. The van der Waals surface area contributed by atoms with Crippen molar-refractivity contribution >= 4 is 11.0 Å². The van der Waals surface area contributed by atoms with Gasteiger partial charge in [-0.2, -0.15) is 0 Å². The Morgan fingerprint density at radius 1 is 1.20 bits per heavy atom. The molecule has 0 bridgehead atoms. The van der Waals surface area contributed by atoms with E-state index in [9.17, 15) is 0 Å². The van der Waals surface area contributed by atoms with E-state index < -0.39 is 0 Å². The van der Waals surface area contributed by atoms with Crippen molar-refractivity contribution in [2.45, 2.75) is 64.5 Å². The summed E-state index contributed by atoms with van der Waals surface area (Å²) in [5, 5.41) is 5.03. The van der Waals surface area contributed by atoms with Crippen LogP contribution in [0.15, 0.2) is 28.7 Å². The zero-order valence-corrected chi connectivity index (χ0v) is 12.5. The highest BCUT2D eigenvalue weighted by Gasteiger charge is 2.17. The summed E-state index contributed by atoms with van der Waals surface area (Å²) in [5.41, 5.74) is 2.43. The smallest absolute Gasteiger partial charge is 0.134 e. The van der Waals surface area contributed by atoms with Gasteiger partial charge in [-0.15, -0.1) is 0 Å². The molecule has 2 heteroatoms. The van der Waals surface area contributed by atoms with Crippen molar-refractivity contribution in [2.24, 2.45) is 0 Å². The molecule has 1 heterocycles. The third-order valence-corrected chi connectivity index (χ3v) is 4.46. The van der Waals surface area contributed by atoms with Crippen LogP contribution in [0.4, 0.5) is 0 Å². The van der Waals surface area contributed by atoms with Gasteiger partial charge in [0.15, 0.2) is 0 Å². The molecule has 0 saturated heterocycles. The summed E-state index contributed by atoms with van der Waals surface area (Å²) in [6.45, 7) is 3.19. The van der Waals surface area contributed by atoms with Crippen molar-refractivity contribution in [3.05, 3.63) is 35.6 Å². The Morgan fingerprint density at radius 2 is 2.00 bits per heavy atom. The molecule has 1 saturated carbocycles. The molecule has 1 N–H and O–H groups in total. The van der Waals surface area contributed by atoms with Gasteiger partial charge in [0, 0.05) is 30.0 Å². The van der Waals surface area contributed by atoms with Gasteiger partial charge < -0.3 is 9.73 Å². The van der Waals surface area contributed by atoms with Crippen LogP contribution in [0.1, 0.15) is 56.8 Å². The summed E-state index contributed by atoms with van der Waals surface area (Å²) in [6.07, 6.45) is 8.91. The molecular weight excluding hydrogens is 246 g/mol. The van der Waals surface area contributed by atoms with E-state index in [-0.39, 0.29) is 0 Å². The van der Waals surface area contributed by atoms with E-state index in [1.165, 1.54) is 55.2 Å². The molecule has 20 heavy (non-hydrogen) atoms. The van der Waals surface area contributed by atoms with Gasteiger partial charge in [-0.3, -0.25) is 0 Å². The molecule has 2 aromatic rings. The predicted octanol–water partition coefficient (Wildman–Crippen LogP) is 4.81. The largest absolute Gasteiger partial charge is 0.461 e. The SMILES string of the molecule is CCCCc1oc2ccccc2c1CNC1CCCC1. The van der Waals surface area contributed by atoms with E-state index in [1.807, 2.05) is 0 Å². The van der Waals surface area contributed by atoms with Crippen molar-refractivity contribution < 1.29 is 4.42 Å². The molecule has 1 aliphatic rings. The minimum atomic E-state index is 0.711. The zero-order chi connectivity index (χ0) is 13.8. The molecule has 1 aromatic heterocycles. The third-order valence-electron chi connectivity index (χ3n) is 4.46. The highest BCUT2D eigenvalue weighted by Crippen LogP contribution is 2.28. The van der Waals surface area contributed by atoms with Gasteiger partial charge in [-0.05, 0) is 25.3 Å². The number of furan rings is 1. The fourth-order valence-electron chi connectivity index (χ4n) is 3.26. The summed E-state index contributed by atoms with van der Waals surface area (Å²) in [5.74, 6) is 1.19. The van der Waals surface area contributed by atoms with E-state index in [0.717, 1.165) is 18.5 Å². The number of para-hydroxylation sites is 1. The second kappa shape index (κ2) is 6.45. The summed E-state index contributed by atoms with van der Waals surface area (Å²) in [7, 11) is 0. The first kappa shape index (κ1) is 13.7. The van der Waals surface area contributed by atoms with Crippen LogP contribution in [0.25, 0.3) is 11.0 Å². The first-order valence-corrected chi connectivity index (χ1v) is 8.11. The first-order valence-electron chi connectivity index (χ1n) is 8.11. The van der Waals surface area contributed by atoms with Crippen molar-refractivity contribution in [2.75, 3.05) is 0 Å². The van der Waals surface area contributed by atoms with Crippen LogP contribution in [-0.4, -0.2) is 6.04 Å². The van der Waals surface area contributed by atoms with Crippen LogP contribution < -0.4 is 5.32 Å². The fourth-order valence-corrected chi connectivity index (χ4v) is 3.26. The Kier molecular flexibility index (Phi) is 4.41. The average Bonchev–Trinajstić information content (AvgIpc) is 3.10. The lowest BCUT2D eigenvalue weighted by atomic mass is 10.1. The quantitative estimate of drug-likeness (QED) is 0.815. The normalized spacial score (nSPS) is 16.2. The van der Waals surface area contributed by atoms with Gasteiger partial charge in [-0.25, -0.2) is 0 Å². The van der Waals surface area contributed by atoms with E-state index in [2.05, 4.69) is 36.5 Å². The minimum Gasteiger partial charge on any atom is -0.461 e. The molecule has 3 rings (SSSR count). The fraction of sp³-hybridized carbons (Fsp3) is 0.556. The molecule has 0 atom stereocenters. The van der Waals surface area contributed by atoms with Crippen LogP contribution in [0.3, 0.4) is 0 Å². The number of hydrogen-bond donors (Lipinski definition) is 1. The van der Waals surface area contributed by atoms with E-state index >= 15 is 0 Å². The number of aryl methyl sites for hydroxylation is 1. The van der Waals surface area contributed by atoms with Gasteiger partial charge in [0.05, 0.1) is 0 Å². The standard InChI is InChI=1S/C18H25NO/c1-2-3-11-18-16(13-19-14-8-4-5-9-14)15-10-6-7-12-17(15)20-18/h6-7,10,12,14,19H,2-5,8-9,11,13H2,1H3. The van der Waals surface area contributed by atoms with Crippen LogP contribution in [0.5, 0.6) is 0 Å². The van der Waals surface area contributed by atoms with E-state index in [1.54, 1.807) is 0 Å². The average molecular weight is 271 g/mol. The maximum atomic E-state index is 6.08. The topological polar surface area (TPSA) is 25.2 Å². The van der Waals surface area contributed by atoms with Gasteiger partial charge in [-0.1, -0.05) is 44.4 Å². The molecule has 1 aromatic carbocycles. The summed E-state index contributed by atoms with van der Waals surface area (Å²) >= 11 is 0. The van der Waals surface area contributed by atoms with Crippen molar-refractivity contribution in [1.29, 1.82) is 0 Å². The number of hydrogen-bond acceptors (Lipinski definition) is 2. The van der Waals surface area contributed by atoms with Crippen molar-refractivity contribution in [3.8, 4) is 0 Å². The maximum Gasteiger partial charge on any atom is 0.134 e. The maximum absolute atomic E-state index is 6.08. The molecule has 0 radical (unpaired) electrons. The third kappa shape index (κ3) is 2.90. The molecule has 0 amide bonds. The lowest BCUT2D eigenvalue weighted by molar-refractivity contribution is 0.499. The van der Waals surface area contributed by atoms with Crippen LogP contribution in [0, 0.1) is 0 Å². The second-order valence-corrected chi connectivity index (χ2v) is 5.97. The highest BCUT2D eigenvalue weighted by molar-refractivity contribution is 5.82. The van der Waals surface area contributed by atoms with Crippen molar-refractivity contribution in [1.82, 2.24) is 5.32 Å². The Hall–Kier alpha value is -1.28. The number of fused-ring (bicyclic) bond motifs is 1. The molecule has 0 unspecified atom stereocenters. The number of unbranched alkanes of at least 4 members (excludes halogenated alkanes) is 1. The molecule has 108 valence electrons. The van der Waals surface area contributed by atoms with Gasteiger partial charge in [0.1, 0.15) is 11.3 Å². The Balaban J connectivity index is 1.81. The highest BCUT2D eigenvalue weighted by atomic mass is 16.3. The molecule has 1 fully saturated rings. The monoisotopic (exact) mass is 271 g/mol. The number of nitrogens with one attached hydrogen (secondary N) is 1. The van der Waals surface area contributed by atoms with E-state index in [4.69, 9.17) is 4.42 Å². The van der Waals surface area contributed by atoms with Gasteiger partial charge in [0.2, 0.25) is 0 Å². The second-order valence-electron chi connectivity index (χ2n) is 5.97. The summed E-state index contributed by atoms with van der Waals surface area (Å²) in [4.78, 5) is 0. The Bertz CT molecular complexity index is 552. The van der Waals surface area contributed by atoms with Crippen LogP contribution in [0.2, 0.25) is 0 Å². The molecular formula is C18H25NO. The summed E-state index contributed by atoms with van der Waals surface area (Å²) in [6, 6.07) is 9.16. The van der Waals surface area contributed by atoms with Gasteiger partial charge >= 0.3 is 0 Å². The summed E-state index contributed by atoms with van der Waals surface area (Å²) < 4.78 is 6.08. The lowest BCUT2D eigenvalue weighted by Gasteiger charge is -2.12. The number of rotatable bonds is 6. The molecule has 2 nitrogen and oxygen atoms in total. The van der Waals surface area contributed by atoms with Crippen LogP contribution >= 0.6 is 0 Å². The Labute approximate surface area is 121 Å².